The van der Waals surface area contributed by atoms with Crippen LogP contribution >= 0.6 is 11.8 Å². The second kappa shape index (κ2) is 5.68. The van der Waals surface area contributed by atoms with Gasteiger partial charge in [0.1, 0.15) is 5.69 Å². The molecule has 1 fully saturated rings. The Balaban J connectivity index is 2.35. The lowest BCUT2D eigenvalue weighted by Crippen LogP contribution is -2.16. The first-order valence-electron chi connectivity index (χ1n) is 5.80. The third-order valence-electron chi connectivity index (χ3n) is 2.91. The SMILES string of the molecule is Cc1nc(NN)nc(SC2CCOC2C)c1[N+](=O)[O-]. The van der Waals surface area contributed by atoms with Gasteiger partial charge in [-0.2, -0.15) is 4.98 Å². The Hall–Kier alpha value is -1.45. The molecule has 19 heavy (non-hydrogen) atoms. The molecule has 104 valence electrons. The van der Waals surface area contributed by atoms with Gasteiger partial charge in [-0.15, -0.1) is 0 Å². The van der Waals surface area contributed by atoms with Crippen LogP contribution < -0.4 is 11.3 Å². The van der Waals surface area contributed by atoms with E-state index in [-0.39, 0.29) is 23.0 Å². The van der Waals surface area contributed by atoms with E-state index in [1.165, 1.54) is 11.8 Å². The minimum Gasteiger partial charge on any atom is -0.377 e. The minimum absolute atomic E-state index is 0.0501. The fourth-order valence-corrected chi connectivity index (χ4v) is 3.15. The van der Waals surface area contributed by atoms with Gasteiger partial charge in [-0.1, -0.05) is 11.8 Å². The predicted octanol–water partition coefficient (Wildman–Crippen LogP) is 1.25. The summed E-state index contributed by atoms with van der Waals surface area (Å²) in [7, 11) is 0. The van der Waals surface area contributed by atoms with Gasteiger partial charge in [0, 0.05) is 11.9 Å². The van der Waals surface area contributed by atoms with Crippen LogP contribution in [0.5, 0.6) is 0 Å². The molecule has 0 spiro atoms. The second-order valence-electron chi connectivity index (χ2n) is 4.21. The number of aromatic nitrogens is 2. The maximum absolute atomic E-state index is 11.1. The molecule has 0 bridgehead atoms. The van der Waals surface area contributed by atoms with Gasteiger partial charge in [-0.3, -0.25) is 15.5 Å². The average molecular weight is 285 g/mol. The molecule has 1 aliphatic rings. The molecule has 0 amide bonds. The van der Waals surface area contributed by atoms with Crippen LogP contribution in [-0.2, 0) is 4.74 Å². The van der Waals surface area contributed by atoms with Gasteiger partial charge in [0.15, 0.2) is 5.03 Å². The van der Waals surface area contributed by atoms with Crippen LogP contribution in [0, 0.1) is 17.0 Å². The van der Waals surface area contributed by atoms with E-state index in [1.807, 2.05) is 6.92 Å². The van der Waals surface area contributed by atoms with Crippen molar-refractivity contribution in [2.24, 2.45) is 5.84 Å². The Kier molecular flexibility index (Phi) is 4.17. The zero-order chi connectivity index (χ0) is 14.0. The number of thioether (sulfide) groups is 1. The highest BCUT2D eigenvalue weighted by atomic mass is 32.2. The van der Waals surface area contributed by atoms with E-state index in [4.69, 9.17) is 10.6 Å². The van der Waals surface area contributed by atoms with Crippen LogP contribution in [0.3, 0.4) is 0 Å². The first kappa shape index (κ1) is 14.0. The molecule has 1 aromatic rings. The summed E-state index contributed by atoms with van der Waals surface area (Å²) >= 11 is 1.34. The van der Waals surface area contributed by atoms with E-state index in [9.17, 15) is 10.1 Å². The van der Waals surface area contributed by atoms with Crippen molar-refractivity contribution < 1.29 is 9.66 Å². The molecule has 1 saturated heterocycles. The van der Waals surface area contributed by atoms with Crippen LogP contribution in [0.4, 0.5) is 11.6 Å². The van der Waals surface area contributed by atoms with Gasteiger partial charge in [0.2, 0.25) is 5.95 Å². The number of hydrogen-bond donors (Lipinski definition) is 2. The molecule has 0 saturated carbocycles. The third kappa shape index (κ3) is 2.94. The number of nitrogens with one attached hydrogen (secondary N) is 1. The van der Waals surface area contributed by atoms with E-state index < -0.39 is 4.92 Å². The molecule has 2 heterocycles. The van der Waals surface area contributed by atoms with Gasteiger partial charge < -0.3 is 4.74 Å². The van der Waals surface area contributed by atoms with Crippen LogP contribution in [0.15, 0.2) is 5.03 Å². The smallest absolute Gasteiger partial charge is 0.322 e. The zero-order valence-corrected chi connectivity index (χ0v) is 11.4. The van der Waals surface area contributed by atoms with Gasteiger partial charge in [-0.05, 0) is 20.3 Å². The number of anilines is 1. The topological polar surface area (TPSA) is 116 Å². The average Bonchev–Trinajstić information content (AvgIpc) is 2.73. The van der Waals surface area contributed by atoms with Crippen molar-refractivity contribution in [2.45, 2.75) is 36.6 Å². The van der Waals surface area contributed by atoms with Crippen molar-refractivity contribution in [3.05, 3.63) is 15.8 Å². The highest BCUT2D eigenvalue weighted by molar-refractivity contribution is 8.00. The fourth-order valence-electron chi connectivity index (χ4n) is 1.91. The molecule has 0 aliphatic carbocycles. The second-order valence-corrected chi connectivity index (χ2v) is 5.44. The van der Waals surface area contributed by atoms with Crippen LogP contribution in [-0.4, -0.2) is 32.9 Å². The molecule has 8 nitrogen and oxygen atoms in total. The molecule has 2 unspecified atom stereocenters. The van der Waals surface area contributed by atoms with E-state index in [0.717, 1.165) is 6.42 Å². The maximum Gasteiger partial charge on any atom is 0.322 e. The number of ether oxygens (including phenoxy) is 1. The number of nitro groups is 1. The number of nitrogens with two attached hydrogens (primary N) is 1. The Labute approximate surface area is 114 Å². The minimum atomic E-state index is -0.460. The van der Waals surface area contributed by atoms with E-state index >= 15 is 0 Å². The van der Waals surface area contributed by atoms with Crippen molar-refractivity contribution in [3.63, 3.8) is 0 Å². The van der Waals surface area contributed by atoms with E-state index in [2.05, 4.69) is 15.4 Å². The molecule has 0 aromatic carbocycles. The highest BCUT2D eigenvalue weighted by Gasteiger charge is 2.30. The highest BCUT2D eigenvalue weighted by Crippen LogP contribution is 2.37. The molecule has 9 heteroatoms. The molecule has 2 atom stereocenters. The maximum atomic E-state index is 11.1. The molecular weight excluding hydrogens is 270 g/mol. The normalized spacial score (nSPS) is 22.5. The summed E-state index contributed by atoms with van der Waals surface area (Å²) in [6, 6.07) is 0. The van der Waals surface area contributed by atoms with Crippen LogP contribution in [0.1, 0.15) is 19.0 Å². The first-order chi connectivity index (χ1) is 9.02. The van der Waals surface area contributed by atoms with Gasteiger partial charge >= 0.3 is 5.69 Å². The number of rotatable bonds is 4. The van der Waals surface area contributed by atoms with Gasteiger partial charge in [0.05, 0.1) is 11.0 Å². The summed E-state index contributed by atoms with van der Waals surface area (Å²) in [4.78, 5) is 18.7. The van der Waals surface area contributed by atoms with E-state index in [1.54, 1.807) is 6.92 Å². The number of hydrogen-bond acceptors (Lipinski definition) is 8. The lowest BCUT2D eigenvalue weighted by atomic mass is 10.3. The third-order valence-corrected chi connectivity index (χ3v) is 4.34. The Morgan fingerprint density at radius 1 is 1.58 bits per heavy atom. The van der Waals surface area contributed by atoms with Crippen molar-refractivity contribution in [3.8, 4) is 0 Å². The molecule has 1 aliphatic heterocycles. The Bertz CT molecular complexity index is 498. The van der Waals surface area contributed by atoms with Crippen molar-refractivity contribution in [1.82, 2.24) is 9.97 Å². The molecule has 3 N–H and O–H groups in total. The van der Waals surface area contributed by atoms with Crippen molar-refractivity contribution in [1.29, 1.82) is 0 Å². The predicted molar refractivity (Wildman–Crippen MR) is 70.9 cm³/mol. The number of nitrogens with zero attached hydrogens (tertiary/aromatic N) is 3. The van der Waals surface area contributed by atoms with Crippen molar-refractivity contribution in [2.75, 3.05) is 12.0 Å². The fraction of sp³-hybridized carbons (Fsp3) is 0.600. The summed E-state index contributed by atoms with van der Waals surface area (Å²) in [5.74, 6) is 5.45. The lowest BCUT2D eigenvalue weighted by molar-refractivity contribution is -0.389. The Morgan fingerprint density at radius 3 is 2.84 bits per heavy atom. The first-order valence-corrected chi connectivity index (χ1v) is 6.68. The van der Waals surface area contributed by atoms with Crippen LogP contribution in [0.25, 0.3) is 0 Å². The standard InChI is InChI=1S/C10H15N5O3S/c1-5-8(15(16)17)9(13-10(12-5)14-11)19-7-3-4-18-6(7)2/h6-7H,3-4,11H2,1-2H3,(H,12,13,14). The molecule has 2 rings (SSSR count). The molecule has 0 radical (unpaired) electrons. The van der Waals surface area contributed by atoms with Crippen LogP contribution in [0.2, 0.25) is 0 Å². The number of hydrazine groups is 1. The summed E-state index contributed by atoms with van der Waals surface area (Å²) < 4.78 is 5.45. The lowest BCUT2D eigenvalue weighted by Gasteiger charge is -2.13. The van der Waals surface area contributed by atoms with E-state index in [0.29, 0.717) is 17.3 Å². The summed E-state index contributed by atoms with van der Waals surface area (Å²) in [5.41, 5.74) is 2.55. The largest absolute Gasteiger partial charge is 0.377 e. The molecule has 1 aromatic heterocycles. The number of nitrogen functional groups attached to an aromatic ring is 1. The van der Waals surface area contributed by atoms with Crippen molar-refractivity contribution >= 4 is 23.4 Å². The van der Waals surface area contributed by atoms with Gasteiger partial charge in [0.25, 0.3) is 0 Å². The van der Waals surface area contributed by atoms with Gasteiger partial charge in [-0.25, -0.2) is 10.8 Å². The molecular formula is C10H15N5O3S. The number of aryl methyl sites for hydroxylation is 1. The zero-order valence-electron chi connectivity index (χ0n) is 10.6. The Morgan fingerprint density at radius 2 is 2.32 bits per heavy atom. The summed E-state index contributed by atoms with van der Waals surface area (Å²) in [5, 5.41) is 11.6. The summed E-state index contributed by atoms with van der Waals surface area (Å²) in [6.45, 7) is 4.19. The monoisotopic (exact) mass is 285 g/mol. The summed E-state index contributed by atoms with van der Waals surface area (Å²) in [6.07, 6.45) is 0.895. The quantitative estimate of drug-likeness (QED) is 0.367.